The van der Waals surface area contributed by atoms with E-state index in [1.54, 1.807) is 30.3 Å². The van der Waals surface area contributed by atoms with Crippen LogP contribution in [0.15, 0.2) is 67.0 Å². The van der Waals surface area contributed by atoms with E-state index in [1.807, 2.05) is 44.2 Å². The topological polar surface area (TPSA) is 179 Å². The van der Waals surface area contributed by atoms with Gasteiger partial charge in [-0.15, -0.1) is 6.42 Å². The van der Waals surface area contributed by atoms with Gasteiger partial charge in [0.25, 0.3) is 0 Å². The third-order valence-electron chi connectivity index (χ3n) is 13.3. The summed E-state index contributed by atoms with van der Waals surface area (Å²) in [6, 6.07) is 16.4. The summed E-state index contributed by atoms with van der Waals surface area (Å²) in [4.78, 5) is 39.6. The van der Waals surface area contributed by atoms with Crippen LogP contribution in [0.4, 0.5) is 10.2 Å². The van der Waals surface area contributed by atoms with Gasteiger partial charge in [-0.05, 0) is 43.4 Å². The first kappa shape index (κ1) is 58.0. The minimum absolute atomic E-state index is 0.0318. The second-order valence-corrected chi connectivity index (χ2v) is 21.0. The van der Waals surface area contributed by atoms with Crippen molar-refractivity contribution < 1.29 is 41.8 Å². The number of carbonyl (C=O) groups excluding carboxylic acids is 2. The first-order valence-electron chi connectivity index (χ1n) is 27.0. The lowest BCUT2D eigenvalue weighted by atomic mass is 9.98. The standard InChI is InChI=1S/C56H82FN6O8P/c1-5-9-10-11-12-13-14-15-16-17-18-19-20-21-22-23-24-25-32-39-50(64)69-48-41-49(63-43-59-51-52(58)60-55(57)61-53(51)63)70-56(48,8-4)42-67-72(66,71-46-37-30-27-31-38-46)62-47(40-44-35-28-26-29-36-44)54(65)68-45(33-6-2)34-7-3/h4,26-31,35-38,43,45,47-49H,5-7,9-25,32-34,39-42H2,1-3H3,(H,62,66)(H2,58,60,61)/t47-,48-,49+,56+,72-/m0/s1. The molecule has 0 amide bonds. The Balaban J connectivity index is 1.23. The molecule has 1 fully saturated rings. The molecule has 72 heavy (non-hydrogen) atoms. The summed E-state index contributed by atoms with van der Waals surface area (Å²) in [6.07, 6.45) is 30.8. The fraction of sp³-hybridized carbons (Fsp3) is 0.625. The zero-order chi connectivity index (χ0) is 51.4. The van der Waals surface area contributed by atoms with E-state index in [4.69, 9.17) is 35.4 Å². The maximum atomic E-state index is 15.2. The van der Waals surface area contributed by atoms with Crippen LogP contribution >= 0.6 is 7.75 Å². The molecule has 396 valence electrons. The second-order valence-electron chi connectivity index (χ2n) is 19.3. The Morgan fingerprint density at radius 1 is 0.833 bits per heavy atom. The van der Waals surface area contributed by atoms with E-state index < -0.39 is 56.3 Å². The minimum Gasteiger partial charge on any atom is -0.461 e. The number of hydrogen-bond acceptors (Lipinski definition) is 12. The number of aromatic nitrogens is 4. The zero-order valence-corrected chi connectivity index (χ0v) is 44.2. The van der Waals surface area contributed by atoms with Gasteiger partial charge >= 0.3 is 25.8 Å². The zero-order valence-electron chi connectivity index (χ0n) is 43.3. The van der Waals surface area contributed by atoms with Gasteiger partial charge in [0.15, 0.2) is 22.6 Å². The summed E-state index contributed by atoms with van der Waals surface area (Å²) < 4.78 is 62.3. The number of unbranched alkanes of at least 4 members (excludes halogenated alkanes) is 18. The van der Waals surface area contributed by atoms with Gasteiger partial charge in [0.1, 0.15) is 36.8 Å². The van der Waals surface area contributed by atoms with Crippen molar-refractivity contribution in [3.63, 3.8) is 0 Å². The molecule has 3 heterocycles. The van der Waals surface area contributed by atoms with E-state index in [0.29, 0.717) is 19.3 Å². The van der Waals surface area contributed by atoms with E-state index in [9.17, 15) is 14.0 Å². The Morgan fingerprint density at radius 3 is 1.94 bits per heavy atom. The van der Waals surface area contributed by atoms with Crippen LogP contribution < -0.4 is 15.3 Å². The first-order chi connectivity index (χ1) is 35.0. The molecule has 2 aromatic carbocycles. The van der Waals surface area contributed by atoms with Crippen molar-refractivity contribution in [2.75, 3.05) is 12.3 Å². The third kappa shape index (κ3) is 19.2. The highest BCUT2D eigenvalue weighted by Crippen LogP contribution is 2.49. The Bertz CT molecular complexity index is 2280. The van der Waals surface area contributed by atoms with Crippen LogP contribution in [0.1, 0.15) is 193 Å². The highest BCUT2D eigenvalue weighted by molar-refractivity contribution is 7.52. The van der Waals surface area contributed by atoms with Crippen molar-refractivity contribution >= 4 is 36.7 Å². The van der Waals surface area contributed by atoms with Crippen LogP contribution in [0.5, 0.6) is 5.75 Å². The van der Waals surface area contributed by atoms with Gasteiger partial charge in [0.05, 0.1) is 6.33 Å². The monoisotopic (exact) mass is 1020 g/mol. The van der Waals surface area contributed by atoms with Gasteiger partial charge in [-0.3, -0.25) is 18.7 Å². The van der Waals surface area contributed by atoms with E-state index in [-0.39, 0.29) is 48.1 Å². The lowest BCUT2D eigenvalue weighted by Gasteiger charge is -2.31. The van der Waals surface area contributed by atoms with E-state index >= 15 is 4.57 Å². The van der Waals surface area contributed by atoms with Gasteiger partial charge < -0.3 is 24.5 Å². The molecule has 5 atom stereocenters. The van der Waals surface area contributed by atoms with Crippen molar-refractivity contribution in [2.24, 2.45) is 0 Å². The number of ether oxygens (including phenoxy) is 3. The number of nitrogen functional groups attached to an aromatic ring is 1. The molecule has 0 aliphatic carbocycles. The van der Waals surface area contributed by atoms with E-state index in [0.717, 1.165) is 37.7 Å². The quantitative estimate of drug-likeness (QED) is 0.0143. The molecule has 4 aromatic rings. The summed E-state index contributed by atoms with van der Waals surface area (Å²) in [6.45, 7) is 5.68. The number of nitrogens with zero attached hydrogens (tertiary/aromatic N) is 4. The number of fused-ring (bicyclic) bond motifs is 1. The number of para-hydroxylation sites is 1. The highest BCUT2D eigenvalue weighted by Gasteiger charge is 2.53. The molecule has 0 radical (unpaired) electrons. The van der Waals surface area contributed by atoms with Gasteiger partial charge in [-0.25, -0.2) is 9.55 Å². The van der Waals surface area contributed by atoms with Crippen molar-refractivity contribution in [3.05, 3.63) is 78.6 Å². The average Bonchev–Trinajstić information content (AvgIpc) is 3.96. The van der Waals surface area contributed by atoms with Crippen molar-refractivity contribution in [2.45, 2.75) is 218 Å². The Morgan fingerprint density at radius 2 is 1.39 bits per heavy atom. The fourth-order valence-corrected chi connectivity index (χ4v) is 10.8. The van der Waals surface area contributed by atoms with Gasteiger partial charge in [-0.2, -0.15) is 19.4 Å². The number of anilines is 1. The predicted octanol–water partition coefficient (Wildman–Crippen LogP) is 13.5. The van der Waals surface area contributed by atoms with Crippen LogP contribution in [0, 0.1) is 18.4 Å². The summed E-state index contributed by atoms with van der Waals surface area (Å²) in [5.41, 5.74) is 5.06. The lowest BCUT2D eigenvalue weighted by Crippen LogP contribution is -2.46. The molecule has 14 nitrogen and oxygen atoms in total. The Kier molecular flexibility index (Phi) is 25.5. The minimum atomic E-state index is -4.59. The normalized spacial score (nSPS) is 17.9. The third-order valence-corrected chi connectivity index (χ3v) is 14.9. The number of esters is 2. The Hall–Kier alpha value is -4.87. The molecule has 0 saturated carbocycles. The molecule has 3 N–H and O–H groups in total. The molecule has 0 bridgehead atoms. The number of nitrogens with one attached hydrogen (secondary N) is 1. The van der Waals surface area contributed by atoms with Crippen LogP contribution in [0.3, 0.4) is 0 Å². The molecule has 5 rings (SSSR count). The summed E-state index contributed by atoms with van der Waals surface area (Å²) >= 11 is 0. The van der Waals surface area contributed by atoms with Crippen LogP contribution in [-0.4, -0.2) is 61.9 Å². The maximum absolute atomic E-state index is 15.2. The lowest BCUT2D eigenvalue weighted by molar-refractivity contribution is -0.158. The van der Waals surface area contributed by atoms with Crippen LogP contribution in [-0.2, 0) is 39.3 Å². The van der Waals surface area contributed by atoms with Gasteiger partial charge in [-0.1, -0.05) is 204 Å². The SMILES string of the molecule is C#C[C@]1(CO[P@@](=O)(N[C@@H](Cc2ccccc2)C(=O)OC(CCC)CCC)Oc2ccccc2)O[C@@H](n2cnc3c(N)nc(F)nc32)C[C@@H]1OC(=O)CCCCCCCCCCCCCCCCCCCCC. The number of benzene rings is 2. The number of nitrogens with two attached hydrogens (primary N) is 1. The molecule has 1 aliphatic rings. The average molecular weight is 1020 g/mol. The van der Waals surface area contributed by atoms with Crippen LogP contribution in [0.25, 0.3) is 11.2 Å². The first-order valence-corrected chi connectivity index (χ1v) is 28.6. The molecular weight excluding hydrogens is 935 g/mol. The number of halogens is 1. The summed E-state index contributed by atoms with van der Waals surface area (Å²) in [5, 5.41) is 2.91. The fourth-order valence-electron chi connectivity index (χ4n) is 9.30. The highest BCUT2D eigenvalue weighted by atomic mass is 31.2. The number of carbonyl (C=O) groups is 2. The number of hydrogen-bond donors (Lipinski definition) is 2. The predicted molar refractivity (Wildman–Crippen MR) is 281 cm³/mol. The van der Waals surface area contributed by atoms with E-state index in [1.165, 1.54) is 107 Å². The largest absolute Gasteiger partial charge is 0.461 e. The summed E-state index contributed by atoms with van der Waals surface area (Å²) in [7, 11) is -4.59. The smallest absolute Gasteiger partial charge is 0.459 e. The number of rotatable bonds is 37. The molecule has 0 unspecified atom stereocenters. The molecule has 1 aliphatic heterocycles. The van der Waals surface area contributed by atoms with Gasteiger partial charge in [0.2, 0.25) is 0 Å². The van der Waals surface area contributed by atoms with Crippen LogP contribution in [0.2, 0.25) is 0 Å². The molecular formula is C56H82FN6O8P. The molecule has 0 spiro atoms. The molecule has 16 heteroatoms. The summed E-state index contributed by atoms with van der Waals surface area (Å²) in [5.74, 6) is 1.53. The molecule has 2 aromatic heterocycles. The van der Waals surface area contributed by atoms with Crippen molar-refractivity contribution in [1.82, 2.24) is 24.6 Å². The van der Waals surface area contributed by atoms with Crippen molar-refractivity contribution in [1.29, 1.82) is 0 Å². The number of terminal acetylenes is 1. The van der Waals surface area contributed by atoms with Gasteiger partial charge in [0, 0.05) is 12.8 Å². The number of imidazole rings is 1. The maximum Gasteiger partial charge on any atom is 0.459 e. The molecule has 1 saturated heterocycles. The Labute approximate surface area is 428 Å². The van der Waals surface area contributed by atoms with Crippen molar-refractivity contribution in [3.8, 4) is 18.1 Å². The second kappa shape index (κ2) is 31.7. The van der Waals surface area contributed by atoms with E-state index in [2.05, 4.69) is 32.9 Å².